The first-order chi connectivity index (χ1) is 8.25. The number of nitrogens with zero attached hydrogens (tertiary/aromatic N) is 2. The van der Waals surface area contributed by atoms with E-state index in [-0.39, 0.29) is 5.82 Å². The van der Waals surface area contributed by atoms with Crippen LogP contribution in [-0.4, -0.2) is 22.7 Å². The Balaban J connectivity index is 2.14. The van der Waals surface area contributed by atoms with Gasteiger partial charge in [0.15, 0.2) is 4.77 Å². The van der Waals surface area contributed by atoms with Gasteiger partial charge in [0, 0.05) is 13.1 Å². The number of nitrogens with one attached hydrogen (secondary N) is 1. The van der Waals surface area contributed by atoms with Crippen molar-refractivity contribution < 1.29 is 4.39 Å². The number of piperidine rings is 1. The SMILES string of the molecule is Fc1ccc2c(c1)[nH]c(=S)n2N1CCCCC1. The summed E-state index contributed by atoms with van der Waals surface area (Å²) in [6, 6.07) is 4.75. The Morgan fingerprint density at radius 3 is 2.71 bits per heavy atom. The maximum atomic E-state index is 13.1. The molecule has 1 aromatic heterocycles. The lowest BCUT2D eigenvalue weighted by atomic mass is 10.2. The van der Waals surface area contributed by atoms with Crippen molar-refractivity contribution in [3.63, 3.8) is 0 Å². The summed E-state index contributed by atoms with van der Waals surface area (Å²) in [6.07, 6.45) is 3.66. The fourth-order valence-corrected chi connectivity index (χ4v) is 2.75. The second-order valence-corrected chi connectivity index (χ2v) is 4.80. The van der Waals surface area contributed by atoms with Crippen molar-refractivity contribution in [2.45, 2.75) is 19.3 Å². The monoisotopic (exact) mass is 251 g/mol. The van der Waals surface area contributed by atoms with Crippen molar-refractivity contribution in [2.75, 3.05) is 18.1 Å². The number of aromatic nitrogens is 2. The largest absolute Gasteiger partial charge is 0.329 e. The topological polar surface area (TPSA) is 24.0 Å². The molecule has 0 spiro atoms. The molecule has 1 fully saturated rings. The molecule has 17 heavy (non-hydrogen) atoms. The Morgan fingerprint density at radius 1 is 1.18 bits per heavy atom. The lowest BCUT2D eigenvalue weighted by Crippen LogP contribution is -2.39. The fourth-order valence-electron chi connectivity index (χ4n) is 2.43. The minimum Gasteiger partial charge on any atom is -0.329 e. The van der Waals surface area contributed by atoms with Crippen LogP contribution in [0, 0.1) is 10.6 Å². The van der Waals surface area contributed by atoms with Crippen molar-refractivity contribution in [2.24, 2.45) is 0 Å². The molecular weight excluding hydrogens is 237 g/mol. The first-order valence-corrected chi connectivity index (χ1v) is 6.32. The van der Waals surface area contributed by atoms with Gasteiger partial charge < -0.3 is 9.99 Å². The Morgan fingerprint density at radius 2 is 1.94 bits per heavy atom. The van der Waals surface area contributed by atoms with E-state index >= 15 is 0 Å². The molecule has 1 saturated heterocycles. The van der Waals surface area contributed by atoms with Crippen molar-refractivity contribution in [3.8, 4) is 0 Å². The molecule has 0 aliphatic carbocycles. The van der Waals surface area contributed by atoms with E-state index in [1.807, 2.05) is 4.68 Å². The van der Waals surface area contributed by atoms with E-state index in [4.69, 9.17) is 12.2 Å². The average Bonchev–Trinajstić information content (AvgIpc) is 2.65. The third-order valence-electron chi connectivity index (χ3n) is 3.24. The summed E-state index contributed by atoms with van der Waals surface area (Å²) < 4.78 is 15.8. The van der Waals surface area contributed by atoms with Crippen LogP contribution in [0.15, 0.2) is 18.2 Å². The van der Waals surface area contributed by atoms with E-state index in [0.717, 1.165) is 24.1 Å². The third-order valence-corrected chi connectivity index (χ3v) is 3.51. The highest BCUT2D eigenvalue weighted by Crippen LogP contribution is 2.18. The van der Waals surface area contributed by atoms with Gasteiger partial charge >= 0.3 is 0 Å². The van der Waals surface area contributed by atoms with Crippen LogP contribution in [0.3, 0.4) is 0 Å². The summed E-state index contributed by atoms with van der Waals surface area (Å²) in [5.74, 6) is -0.237. The zero-order valence-corrected chi connectivity index (χ0v) is 10.3. The first-order valence-electron chi connectivity index (χ1n) is 5.91. The van der Waals surface area contributed by atoms with E-state index in [1.165, 1.54) is 31.4 Å². The van der Waals surface area contributed by atoms with Gasteiger partial charge in [0.2, 0.25) is 0 Å². The van der Waals surface area contributed by atoms with E-state index in [9.17, 15) is 4.39 Å². The van der Waals surface area contributed by atoms with Crippen molar-refractivity contribution >= 4 is 23.3 Å². The van der Waals surface area contributed by atoms with E-state index in [0.29, 0.717) is 4.77 Å². The third kappa shape index (κ3) is 1.84. The smallest absolute Gasteiger partial charge is 0.197 e. The second-order valence-electron chi connectivity index (χ2n) is 4.42. The molecule has 3 rings (SSSR count). The minimum absolute atomic E-state index is 0.237. The second kappa shape index (κ2) is 4.14. The summed E-state index contributed by atoms with van der Waals surface area (Å²) in [5, 5.41) is 2.24. The first kappa shape index (κ1) is 10.8. The number of halogens is 1. The summed E-state index contributed by atoms with van der Waals surface area (Å²) in [7, 11) is 0. The maximum Gasteiger partial charge on any atom is 0.197 e. The molecule has 0 atom stereocenters. The highest BCUT2D eigenvalue weighted by Gasteiger charge is 2.14. The average molecular weight is 251 g/mol. The Labute approximate surface area is 104 Å². The van der Waals surface area contributed by atoms with Gasteiger partial charge in [-0.15, -0.1) is 0 Å². The number of imidazole rings is 1. The van der Waals surface area contributed by atoms with Gasteiger partial charge in [-0.3, -0.25) is 0 Å². The van der Waals surface area contributed by atoms with Gasteiger partial charge in [-0.05, 0) is 49.7 Å². The lowest BCUT2D eigenvalue weighted by molar-refractivity contribution is 0.482. The summed E-state index contributed by atoms with van der Waals surface area (Å²) >= 11 is 5.32. The molecule has 0 unspecified atom stereocenters. The Bertz CT molecular complexity index is 595. The van der Waals surface area contributed by atoms with Crippen LogP contribution in [0.4, 0.5) is 4.39 Å². The number of hydrogen-bond acceptors (Lipinski definition) is 2. The summed E-state index contributed by atoms with van der Waals surface area (Å²) in [6.45, 7) is 2.03. The molecule has 1 N–H and O–H groups in total. The van der Waals surface area contributed by atoms with E-state index < -0.39 is 0 Å². The summed E-state index contributed by atoms with van der Waals surface area (Å²) in [5.41, 5.74) is 1.72. The molecule has 1 aromatic carbocycles. The van der Waals surface area contributed by atoms with E-state index in [2.05, 4.69) is 9.99 Å². The van der Waals surface area contributed by atoms with Crippen LogP contribution in [0.1, 0.15) is 19.3 Å². The molecule has 1 aliphatic rings. The van der Waals surface area contributed by atoms with Gasteiger partial charge in [-0.2, -0.15) is 0 Å². The molecule has 5 heteroatoms. The molecule has 2 aromatic rings. The minimum atomic E-state index is -0.237. The molecule has 1 aliphatic heterocycles. The van der Waals surface area contributed by atoms with Gasteiger partial charge in [0.05, 0.1) is 11.0 Å². The number of H-pyrrole nitrogens is 1. The molecule has 90 valence electrons. The van der Waals surface area contributed by atoms with Gasteiger partial charge in [0.1, 0.15) is 5.82 Å². The maximum absolute atomic E-state index is 13.1. The molecule has 2 heterocycles. The number of aromatic amines is 1. The zero-order chi connectivity index (χ0) is 11.8. The van der Waals surface area contributed by atoms with Crippen LogP contribution < -0.4 is 5.01 Å². The lowest BCUT2D eigenvalue weighted by Gasteiger charge is -2.29. The highest BCUT2D eigenvalue weighted by atomic mass is 32.1. The number of hydrogen-bond donors (Lipinski definition) is 1. The van der Waals surface area contributed by atoms with Crippen LogP contribution in [0.5, 0.6) is 0 Å². The molecule has 0 saturated carbocycles. The Hall–Kier alpha value is -1.36. The molecule has 0 amide bonds. The predicted molar refractivity (Wildman–Crippen MR) is 68.9 cm³/mol. The number of rotatable bonds is 1. The van der Waals surface area contributed by atoms with Crippen LogP contribution >= 0.6 is 12.2 Å². The molecule has 0 radical (unpaired) electrons. The van der Waals surface area contributed by atoms with Gasteiger partial charge in [0.25, 0.3) is 0 Å². The Kier molecular flexibility index (Phi) is 2.63. The fraction of sp³-hybridized carbons (Fsp3) is 0.417. The van der Waals surface area contributed by atoms with Crippen molar-refractivity contribution in [1.29, 1.82) is 0 Å². The number of benzene rings is 1. The van der Waals surface area contributed by atoms with Crippen LogP contribution in [0.2, 0.25) is 0 Å². The molecular formula is C12H14FN3S. The van der Waals surface area contributed by atoms with E-state index in [1.54, 1.807) is 6.07 Å². The molecule has 3 nitrogen and oxygen atoms in total. The van der Waals surface area contributed by atoms with Crippen LogP contribution in [0.25, 0.3) is 11.0 Å². The van der Waals surface area contributed by atoms with Crippen molar-refractivity contribution in [1.82, 2.24) is 9.66 Å². The predicted octanol–water partition coefficient (Wildman–Crippen LogP) is 2.96. The normalized spacial score (nSPS) is 16.6. The zero-order valence-electron chi connectivity index (χ0n) is 9.45. The summed E-state index contributed by atoms with van der Waals surface area (Å²) in [4.78, 5) is 3.06. The number of fused-ring (bicyclic) bond motifs is 1. The van der Waals surface area contributed by atoms with Crippen molar-refractivity contribution in [3.05, 3.63) is 28.8 Å². The van der Waals surface area contributed by atoms with Gasteiger partial charge in [-0.1, -0.05) is 0 Å². The molecule has 0 bridgehead atoms. The highest BCUT2D eigenvalue weighted by molar-refractivity contribution is 7.71. The van der Waals surface area contributed by atoms with Crippen LogP contribution in [-0.2, 0) is 0 Å². The van der Waals surface area contributed by atoms with Gasteiger partial charge in [-0.25, -0.2) is 9.07 Å². The standard InChI is InChI=1S/C12H14FN3S/c13-9-4-5-11-10(8-9)14-12(17)16(11)15-6-2-1-3-7-15/h4-5,8H,1-3,6-7H2,(H,14,17). The quantitative estimate of drug-likeness (QED) is 0.788.